The van der Waals surface area contributed by atoms with Gasteiger partial charge in [0.25, 0.3) is 0 Å². The van der Waals surface area contributed by atoms with E-state index in [0.29, 0.717) is 13.1 Å². The van der Waals surface area contributed by atoms with Gasteiger partial charge >= 0.3 is 6.09 Å². The lowest BCUT2D eigenvalue weighted by molar-refractivity contribution is 0.127. The minimum atomic E-state index is -0.973. The summed E-state index contributed by atoms with van der Waals surface area (Å²) in [6.07, 6.45) is 3.74. The van der Waals surface area contributed by atoms with Crippen LogP contribution in [0.25, 0.3) is 0 Å². The molecule has 0 fully saturated rings. The molecule has 1 rings (SSSR count). The van der Waals surface area contributed by atoms with Gasteiger partial charge in [0, 0.05) is 30.5 Å². The van der Waals surface area contributed by atoms with Crippen LogP contribution in [0.15, 0.2) is 24.3 Å². The molecule has 0 unspecified atom stereocenters. The molecule has 1 aromatic rings. The molecular weight excluding hydrogens is 396 g/mol. The van der Waals surface area contributed by atoms with E-state index in [1.165, 1.54) is 19.3 Å². The molecule has 0 radical (unpaired) electrons. The molecular formula is C20H33BrN2O3. The van der Waals surface area contributed by atoms with Crippen molar-refractivity contribution in [3.63, 3.8) is 0 Å². The fourth-order valence-electron chi connectivity index (χ4n) is 2.68. The van der Waals surface area contributed by atoms with Gasteiger partial charge in [-0.05, 0) is 46.2 Å². The smallest absolute Gasteiger partial charge is 0.404 e. The Hall–Kier alpha value is -1.27. The first-order chi connectivity index (χ1) is 12.3. The van der Waals surface area contributed by atoms with Gasteiger partial charge in [-0.2, -0.15) is 0 Å². The lowest BCUT2D eigenvalue weighted by Gasteiger charge is -2.27. The number of alkyl halides is 1. The van der Waals surface area contributed by atoms with Crippen LogP contribution in [0, 0.1) is 0 Å². The number of nitrogens with one attached hydrogen (secondary N) is 1. The van der Waals surface area contributed by atoms with Crippen LogP contribution in [-0.4, -0.2) is 46.7 Å². The van der Waals surface area contributed by atoms with Gasteiger partial charge in [0.2, 0.25) is 0 Å². The van der Waals surface area contributed by atoms with E-state index in [1.807, 2.05) is 39.0 Å². The number of benzene rings is 1. The maximum Gasteiger partial charge on any atom is 0.404 e. The minimum Gasteiger partial charge on any atom is -0.488 e. The molecule has 0 aromatic heterocycles. The Kier molecular flexibility index (Phi) is 10.7. The predicted octanol–water partition coefficient (Wildman–Crippen LogP) is 4.89. The van der Waals surface area contributed by atoms with E-state index in [1.54, 1.807) is 0 Å². The molecule has 0 spiro atoms. The summed E-state index contributed by atoms with van der Waals surface area (Å²) in [7, 11) is 0. The van der Waals surface area contributed by atoms with E-state index in [-0.39, 0.29) is 5.60 Å². The molecule has 1 amide bonds. The third-order valence-electron chi connectivity index (χ3n) is 3.84. The molecule has 0 aliphatic heterocycles. The minimum absolute atomic E-state index is 0.249. The van der Waals surface area contributed by atoms with Gasteiger partial charge in [-0.25, -0.2) is 4.79 Å². The van der Waals surface area contributed by atoms with Crippen molar-refractivity contribution in [2.45, 2.75) is 58.6 Å². The first kappa shape index (κ1) is 22.8. The van der Waals surface area contributed by atoms with Crippen LogP contribution in [0.2, 0.25) is 0 Å². The Labute approximate surface area is 166 Å². The third-order valence-corrected chi connectivity index (χ3v) is 4.41. The van der Waals surface area contributed by atoms with Crippen molar-refractivity contribution < 1.29 is 14.6 Å². The molecule has 26 heavy (non-hydrogen) atoms. The molecule has 1 aromatic carbocycles. The van der Waals surface area contributed by atoms with Crippen LogP contribution in [0.4, 0.5) is 4.79 Å². The summed E-state index contributed by atoms with van der Waals surface area (Å²) < 4.78 is 6.09. The van der Waals surface area contributed by atoms with Crippen molar-refractivity contribution >= 4 is 22.0 Å². The third kappa shape index (κ3) is 10.7. The number of hydrogen-bond donors (Lipinski definition) is 2. The van der Waals surface area contributed by atoms with Crippen molar-refractivity contribution in [3.8, 4) is 5.75 Å². The highest BCUT2D eigenvalue weighted by molar-refractivity contribution is 9.09. The van der Waals surface area contributed by atoms with Crippen molar-refractivity contribution in [3.05, 3.63) is 29.8 Å². The molecule has 6 heteroatoms. The SMILES string of the molecule is CC(C)(C)Oc1ccccc1CN(CCCCCCBr)CCNC(=O)O. The Morgan fingerprint density at radius 3 is 2.50 bits per heavy atom. The highest BCUT2D eigenvalue weighted by Gasteiger charge is 2.16. The van der Waals surface area contributed by atoms with Crippen molar-refractivity contribution in [2.24, 2.45) is 0 Å². The summed E-state index contributed by atoms with van der Waals surface area (Å²) in [5, 5.41) is 12.3. The molecule has 148 valence electrons. The Balaban J connectivity index is 2.69. The number of unbranched alkanes of at least 4 members (excludes halogenated alkanes) is 3. The van der Waals surface area contributed by atoms with Gasteiger partial charge in [0.1, 0.15) is 11.4 Å². The quantitative estimate of drug-likeness (QED) is 0.367. The monoisotopic (exact) mass is 428 g/mol. The fraction of sp³-hybridized carbons (Fsp3) is 0.650. The van der Waals surface area contributed by atoms with Gasteiger partial charge in [0.15, 0.2) is 0 Å². The maximum atomic E-state index is 10.7. The van der Waals surface area contributed by atoms with Crippen LogP contribution in [0.1, 0.15) is 52.0 Å². The predicted molar refractivity (Wildman–Crippen MR) is 110 cm³/mol. The molecule has 5 nitrogen and oxygen atoms in total. The van der Waals surface area contributed by atoms with E-state index in [4.69, 9.17) is 9.84 Å². The summed E-state index contributed by atoms with van der Waals surface area (Å²) >= 11 is 3.47. The Morgan fingerprint density at radius 2 is 1.85 bits per heavy atom. The van der Waals surface area contributed by atoms with Gasteiger partial charge in [-0.15, -0.1) is 0 Å². The molecule has 0 saturated heterocycles. The molecule has 0 heterocycles. The van der Waals surface area contributed by atoms with Crippen molar-refractivity contribution in [1.29, 1.82) is 0 Å². The summed E-state index contributed by atoms with van der Waals surface area (Å²) in [5.74, 6) is 0.899. The Morgan fingerprint density at radius 1 is 1.15 bits per heavy atom. The fourth-order valence-corrected chi connectivity index (χ4v) is 3.08. The molecule has 0 aliphatic rings. The molecule has 0 bridgehead atoms. The average Bonchev–Trinajstić information content (AvgIpc) is 2.54. The number of ether oxygens (including phenoxy) is 1. The van der Waals surface area contributed by atoms with Gasteiger partial charge in [-0.3, -0.25) is 4.90 Å². The summed E-state index contributed by atoms with van der Waals surface area (Å²) in [6.45, 7) is 8.96. The number of hydrogen-bond acceptors (Lipinski definition) is 3. The zero-order chi connectivity index (χ0) is 19.4. The highest BCUT2D eigenvalue weighted by Crippen LogP contribution is 2.24. The largest absolute Gasteiger partial charge is 0.488 e. The standard InChI is InChI=1S/C20H33BrN2O3/c1-20(2,3)26-18-11-7-6-10-17(18)16-23(15-13-22-19(24)25)14-9-5-4-8-12-21/h6-7,10-11,22H,4-5,8-9,12-16H2,1-3H3,(H,24,25). The second-order valence-electron chi connectivity index (χ2n) is 7.43. The number of carboxylic acid groups (broad SMARTS) is 1. The zero-order valence-corrected chi connectivity index (χ0v) is 17.8. The average molecular weight is 429 g/mol. The number of para-hydroxylation sites is 1. The lowest BCUT2D eigenvalue weighted by atomic mass is 10.1. The van der Waals surface area contributed by atoms with Crippen LogP contribution in [0.5, 0.6) is 5.75 Å². The number of nitrogens with zero attached hydrogens (tertiary/aromatic N) is 1. The topological polar surface area (TPSA) is 61.8 Å². The van der Waals surface area contributed by atoms with Gasteiger partial charge < -0.3 is 15.2 Å². The van der Waals surface area contributed by atoms with E-state index < -0.39 is 6.09 Å². The second kappa shape index (κ2) is 12.2. The second-order valence-corrected chi connectivity index (χ2v) is 8.23. The first-order valence-electron chi connectivity index (χ1n) is 9.34. The van der Waals surface area contributed by atoms with Crippen molar-refractivity contribution in [2.75, 3.05) is 25.0 Å². The number of carbonyl (C=O) groups is 1. The van der Waals surface area contributed by atoms with E-state index >= 15 is 0 Å². The molecule has 0 aliphatic carbocycles. The number of halogens is 1. The van der Waals surface area contributed by atoms with Crippen LogP contribution >= 0.6 is 15.9 Å². The Bertz CT molecular complexity index is 532. The van der Waals surface area contributed by atoms with Crippen LogP contribution in [0.3, 0.4) is 0 Å². The summed E-state index contributed by atoms with van der Waals surface area (Å²) in [5.41, 5.74) is 0.889. The molecule has 2 N–H and O–H groups in total. The maximum absolute atomic E-state index is 10.7. The summed E-state index contributed by atoms with van der Waals surface area (Å²) in [6, 6.07) is 8.10. The van der Waals surface area contributed by atoms with E-state index in [9.17, 15) is 4.79 Å². The summed E-state index contributed by atoms with van der Waals surface area (Å²) in [4.78, 5) is 13.0. The first-order valence-corrected chi connectivity index (χ1v) is 10.5. The molecule has 0 atom stereocenters. The number of rotatable bonds is 12. The van der Waals surface area contributed by atoms with E-state index in [2.05, 4.69) is 32.2 Å². The normalized spacial score (nSPS) is 11.6. The molecule has 0 saturated carbocycles. The van der Waals surface area contributed by atoms with Gasteiger partial charge in [-0.1, -0.05) is 47.0 Å². The van der Waals surface area contributed by atoms with Crippen LogP contribution in [-0.2, 0) is 6.54 Å². The van der Waals surface area contributed by atoms with E-state index in [0.717, 1.165) is 36.2 Å². The van der Waals surface area contributed by atoms with Gasteiger partial charge in [0.05, 0.1) is 0 Å². The lowest BCUT2D eigenvalue weighted by Crippen LogP contribution is -2.35. The zero-order valence-electron chi connectivity index (χ0n) is 16.3. The van der Waals surface area contributed by atoms with Crippen LogP contribution < -0.4 is 10.1 Å². The number of amides is 1. The highest BCUT2D eigenvalue weighted by atomic mass is 79.9. The van der Waals surface area contributed by atoms with Crippen molar-refractivity contribution in [1.82, 2.24) is 10.2 Å².